The fourth-order valence-corrected chi connectivity index (χ4v) is 3.83. The first-order chi connectivity index (χ1) is 15.4. The summed E-state index contributed by atoms with van der Waals surface area (Å²) >= 11 is 6.39. The molecule has 0 aromatic heterocycles. The highest BCUT2D eigenvalue weighted by Gasteiger charge is 2.26. The van der Waals surface area contributed by atoms with Crippen molar-refractivity contribution in [2.75, 3.05) is 33.4 Å². The molecule has 2 aromatic rings. The van der Waals surface area contributed by atoms with E-state index in [2.05, 4.69) is 23.9 Å². The zero-order valence-electron chi connectivity index (χ0n) is 19.0. The summed E-state index contributed by atoms with van der Waals surface area (Å²) in [6.45, 7) is 6.81. The van der Waals surface area contributed by atoms with E-state index in [1.165, 1.54) is 0 Å². The first-order valence-electron chi connectivity index (χ1n) is 11.0. The van der Waals surface area contributed by atoms with Crippen LogP contribution in [0.15, 0.2) is 53.7 Å². The fraction of sp³-hybridized carbons (Fsp3) is 0.480. The van der Waals surface area contributed by atoms with Crippen LogP contribution in [0.25, 0.3) is 0 Å². The van der Waals surface area contributed by atoms with Gasteiger partial charge in [-0.15, -0.1) is 0 Å². The number of ether oxygens (including phenoxy) is 2. The van der Waals surface area contributed by atoms with Gasteiger partial charge < -0.3 is 19.4 Å². The van der Waals surface area contributed by atoms with E-state index in [1.54, 1.807) is 7.11 Å². The smallest absolute Gasteiger partial charge is 0.145 e. The number of rotatable bonds is 12. The van der Waals surface area contributed by atoms with E-state index in [0.717, 1.165) is 22.6 Å². The van der Waals surface area contributed by atoms with Crippen LogP contribution < -0.4 is 4.74 Å². The molecular weight excluding hydrogens is 428 g/mol. The Balaban J connectivity index is 1.61. The third-order valence-corrected chi connectivity index (χ3v) is 5.57. The van der Waals surface area contributed by atoms with Gasteiger partial charge in [0.25, 0.3) is 0 Å². The Morgan fingerprint density at radius 2 is 1.91 bits per heavy atom. The lowest BCUT2D eigenvalue weighted by molar-refractivity contribution is -0.00734. The molecule has 0 aliphatic carbocycles. The predicted molar refractivity (Wildman–Crippen MR) is 127 cm³/mol. The predicted octanol–water partition coefficient (Wildman–Crippen LogP) is 4.38. The molecule has 32 heavy (non-hydrogen) atoms. The van der Waals surface area contributed by atoms with Gasteiger partial charge in [0.2, 0.25) is 0 Å². The first kappa shape index (κ1) is 24.5. The second-order valence-electron chi connectivity index (χ2n) is 8.57. The number of nitrogens with zero attached hydrogens (tertiary/aromatic N) is 2. The summed E-state index contributed by atoms with van der Waals surface area (Å²) in [5.41, 5.74) is 2.95. The van der Waals surface area contributed by atoms with Crippen LogP contribution >= 0.6 is 11.6 Å². The Bertz CT molecular complexity index is 873. The third-order valence-electron chi connectivity index (χ3n) is 5.20. The summed E-state index contributed by atoms with van der Waals surface area (Å²) in [7, 11) is 1.65. The number of hydrogen-bond acceptors (Lipinski definition) is 6. The quantitative estimate of drug-likeness (QED) is 0.509. The van der Waals surface area contributed by atoms with E-state index in [0.29, 0.717) is 50.2 Å². The summed E-state index contributed by atoms with van der Waals surface area (Å²) in [5, 5.41) is 15.6. The zero-order valence-corrected chi connectivity index (χ0v) is 19.8. The van der Waals surface area contributed by atoms with Crippen LogP contribution in [0.4, 0.5) is 0 Å². The highest BCUT2D eigenvalue weighted by atomic mass is 35.5. The van der Waals surface area contributed by atoms with Crippen LogP contribution in [-0.4, -0.2) is 61.3 Å². The lowest BCUT2D eigenvalue weighted by atomic mass is 10.0. The van der Waals surface area contributed by atoms with Crippen molar-refractivity contribution in [1.29, 1.82) is 0 Å². The molecule has 0 spiro atoms. The maximum Gasteiger partial charge on any atom is 0.145 e. The fourth-order valence-electron chi connectivity index (χ4n) is 3.63. The van der Waals surface area contributed by atoms with E-state index in [-0.39, 0.29) is 6.10 Å². The molecule has 2 aromatic carbocycles. The molecule has 0 fully saturated rings. The normalized spacial score (nSPS) is 16.8. The van der Waals surface area contributed by atoms with Crippen molar-refractivity contribution in [2.45, 2.75) is 39.0 Å². The second kappa shape index (κ2) is 12.2. The van der Waals surface area contributed by atoms with Crippen molar-refractivity contribution in [3.8, 4) is 5.75 Å². The SMILES string of the molecule is COc1ccc(C2=NO[C@H](CN(Cc3ccccc3Cl)C[C@@H](O)COCC(C)C)C2)cc1. The molecule has 0 bridgehead atoms. The van der Waals surface area contributed by atoms with Gasteiger partial charge in [-0.3, -0.25) is 4.90 Å². The van der Waals surface area contributed by atoms with Crippen LogP contribution in [0.3, 0.4) is 0 Å². The van der Waals surface area contributed by atoms with Crippen LogP contribution in [0, 0.1) is 5.92 Å². The van der Waals surface area contributed by atoms with E-state index >= 15 is 0 Å². The largest absolute Gasteiger partial charge is 0.497 e. The molecule has 0 saturated carbocycles. The van der Waals surface area contributed by atoms with Crippen molar-refractivity contribution in [2.24, 2.45) is 11.1 Å². The summed E-state index contributed by atoms with van der Waals surface area (Å²) in [5.74, 6) is 1.24. The highest BCUT2D eigenvalue weighted by molar-refractivity contribution is 6.31. The van der Waals surface area contributed by atoms with Crippen LogP contribution in [-0.2, 0) is 16.1 Å². The van der Waals surface area contributed by atoms with Gasteiger partial charge in [-0.25, -0.2) is 0 Å². The maximum atomic E-state index is 10.6. The van der Waals surface area contributed by atoms with Gasteiger partial charge in [0.15, 0.2) is 0 Å². The number of methoxy groups -OCH3 is 1. The average Bonchev–Trinajstić information content (AvgIpc) is 3.23. The van der Waals surface area contributed by atoms with Gasteiger partial charge in [0, 0.05) is 37.7 Å². The van der Waals surface area contributed by atoms with Gasteiger partial charge >= 0.3 is 0 Å². The molecule has 7 heteroatoms. The maximum absolute atomic E-state index is 10.6. The molecule has 1 N–H and O–H groups in total. The molecule has 0 saturated heterocycles. The minimum absolute atomic E-state index is 0.0987. The van der Waals surface area contributed by atoms with Crippen molar-refractivity contribution in [1.82, 2.24) is 4.90 Å². The molecule has 174 valence electrons. The van der Waals surface area contributed by atoms with E-state index < -0.39 is 6.10 Å². The standard InChI is InChI=1S/C25H33ClN2O4/c1-18(2)16-31-17-21(29)14-28(13-20-6-4-5-7-24(20)26)15-23-12-25(27-32-23)19-8-10-22(30-3)11-9-19/h4-11,18,21,23,29H,12-17H2,1-3H3/t21-,23+/m1/s1. The number of aliphatic hydroxyl groups is 1. The average molecular weight is 461 g/mol. The summed E-state index contributed by atoms with van der Waals surface area (Å²) < 4.78 is 10.9. The van der Waals surface area contributed by atoms with E-state index in [1.807, 2.05) is 48.5 Å². The van der Waals surface area contributed by atoms with Gasteiger partial charge in [0.1, 0.15) is 11.9 Å². The van der Waals surface area contributed by atoms with Gasteiger partial charge in [-0.1, -0.05) is 48.8 Å². The van der Waals surface area contributed by atoms with Crippen LogP contribution in [0.5, 0.6) is 5.75 Å². The first-order valence-corrected chi connectivity index (χ1v) is 11.4. The molecule has 1 aliphatic heterocycles. The Morgan fingerprint density at radius 1 is 1.16 bits per heavy atom. The van der Waals surface area contributed by atoms with Crippen molar-refractivity contribution >= 4 is 17.3 Å². The molecule has 1 heterocycles. The van der Waals surface area contributed by atoms with E-state index in [4.69, 9.17) is 25.9 Å². The number of benzene rings is 2. The molecule has 0 radical (unpaired) electrons. The number of oxime groups is 1. The van der Waals surface area contributed by atoms with Crippen molar-refractivity contribution in [3.05, 3.63) is 64.7 Å². The van der Waals surface area contributed by atoms with Crippen molar-refractivity contribution in [3.63, 3.8) is 0 Å². The van der Waals surface area contributed by atoms with Crippen molar-refractivity contribution < 1.29 is 19.4 Å². The number of hydrogen-bond donors (Lipinski definition) is 1. The number of aliphatic hydroxyl groups excluding tert-OH is 1. The number of halogens is 1. The molecule has 1 aliphatic rings. The van der Waals surface area contributed by atoms with Crippen LogP contribution in [0.1, 0.15) is 31.4 Å². The van der Waals surface area contributed by atoms with Gasteiger partial charge in [-0.2, -0.15) is 0 Å². The Kier molecular flexibility index (Phi) is 9.36. The highest BCUT2D eigenvalue weighted by Crippen LogP contribution is 2.22. The Labute approximate surface area is 195 Å². The molecule has 3 rings (SSSR count). The Morgan fingerprint density at radius 3 is 2.59 bits per heavy atom. The second-order valence-corrected chi connectivity index (χ2v) is 8.98. The molecule has 6 nitrogen and oxygen atoms in total. The summed E-state index contributed by atoms with van der Waals surface area (Å²) in [4.78, 5) is 7.89. The minimum atomic E-state index is -0.598. The molecule has 0 amide bonds. The topological polar surface area (TPSA) is 63.5 Å². The molecule has 0 unspecified atom stereocenters. The molecule has 2 atom stereocenters. The molecular formula is C25H33ClN2O4. The zero-order chi connectivity index (χ0) is 22.9. The van der Waals surface area contributed by atoms with E-state index in [9.17, 15) is 5.11 Å². The summed E-state index contributed by atoms with van der Waals surface area (Å²) in [6.07, 6.45) is 0.00339. The third kappa shape index (κ3) is 7.48. The summed E-state index contributed by atoms with van der Waals surface area (Å²) in [6, 6.07) is 15.6. The minimum Gasteiger partial charge on any atom is -0.497 e. The van der Waals surface area contributed by atoms with Gasteiger partial charge in [0.05, 0.1) is 25.5 Å². The Hall–Kier alpha value is -2.12. The monoisotopic (exact) mass is 460 g/mol. The lowest BCUT2D eigenvalue weighted by Gasteiger charge is -2.27. The lowest BCUT2D eigenvalue weighted by Crippen LogP contribution is -2.39. The van der Waals surface area contributed by atoms with Gasteiger partial charge in [-0.05, 0) is 47.4 Å². The van der Waals surface area contributed by atoms with Crippen LogP contribution in [0.2, 0.25) is 5.02 Å².